The van der Waals surface area contributed by atoms with Gasteiger partial charge in [-0.05, 0) is 54.4 Å². The highest BCUT2D eigenvalue weighted by molar-refractivity contribution is 6.29. The maximum Gasteiger partial charge on any atom is 0.194 e. The first-order valence-electron chi connectivity index (χ1n) is 7.77. The number of aryl methyl sites for hydroxylation is 1. The molecule has 0 spiro atoms. The minimum atomic E-state index is 0.366. The first kappa shape index (κ1) is 13.6. The van der Waals surface area contributed by atoms with Gasteiger partial charge in [0.15, 0.2) is 11.0 Å². The molecule has 5 aromatic rings. The topological polar surface area (TPSA) is 30.4 Å². The van der Waals surface area contributed by atoms with Gasteiger partial charge in [0.2, 0.25) is 0 Å². The molecule has 4 heteroatoms. The van der Waals surface area contributed by atoms with E-state index in [-0.39, 0.29) is 0 Å². The molecule has 0 aliphatic carbocycles. The van der Waals surface area contributed by atoms with E-state index in [1.807, 2.05) is 24.3 Å². The number of benzene rings is 1. The predicted molar refractivity (Wildman–Crippen MR) is 97.7 cm³/mol. The van der Waals surface area contributed by atoms with Crippen LogP contribution in [0.2, 0.25) is 5.22 Å². The summed E-state index contributed by atoms with van der Waals surface area (Å²) in [6.45, 7) is 2.12. The average molecular weight is 333 g/mol. The normalized spacial score (nSPS) is 11.8. The van der Waals surface area contributed by atoms with Crippen LogP contribution in [0.5, 0.6) is 0 Å². The van der Waals surface area contributed by atoms with Gasteiger partial charge in [-0.2, -0.15) is 0 Å². The molecule has 5 rings (SSSR count). The highest BCUT2D eigenvalue weighted by Gasteiger charge is 2.17. The van der Waals surface area contributed by atoms with Crippen molar-refractivity contribution in [2.75, 3.05) is 0 Å². The highest BCUT2D eigenvalue weighted by Crippen LogP contribution is 2.36. The number of halogens is 1. The Hall–Kier alpha value is -2.78. The summed E-state index contributed by atoms with van der Waals surface area (Å²) >= 11 is 6.00. The third-order valence-electron chi connectivity index (χ3n) is 4.48. The Morgan fingerprint density at radius 3 is 2.71 bits per heavy atom. The Bertz CT molecular complexity index is 1230. The standard InChI is InChI=1S/C20H13ClN2O/c1-12-5-4-10-23-16(12)11-14-13-6-2-3-7-15(13)22-19(20(14)23)17-8-9-18(21)24-17/h2-11H,1H3. The van der Waals surface area contributed by atoms with Gasteiger partial charge in [0.1, 0.15) is 5.69 Å². The van der Waals surface area contributed by atoms with E-state index in [4.69, 9.17) is 21.0 Å². The van der Waals surface area contributed by atoms with E-state index >= 15 is 0 Å². The van der Waals surface area contributed by atoms with Gasteiger partial charge < -0.3 is 8.82 Å². The van der Waals surface area contributed by atoms with E-state index in [0.29, 0.717) is 11.0 Å². The summed E-state index contributed by atoms with van der Waals surface area (Å²) in [4.78, 5) is 4.87. The van der Waals surface area contributed by atoms with Crippen LogP contribution in [0.25, 0.3) is 38.8 Å². The summed E-state index contributed by atoms with van der Waals surface area (Å²) in [5.74, 6) is 0.678. The second kappa shape index (κ2) is 4.86. The highest BCUT2D eigenvalue weighted by atomic mass is 35.5. The third kappa shape index (κ3) is 1.82. The fourth-order valence-electron chi connectivity index (χ4n) is 3.37. The molecule has 0 radical (unpaired) electrons. The second-order valence-corrected chi connectivity index (χ2v) is 6.31. The summed E-state index contributed by atoms with van der Waals surface area (Å²) in [5.41, 5.74) is 5.19. The largest absolute Gasteiger partial charge is 0.443 e. The third-order valence-corrected chi connectivity index (χ3v) is 4.68. The molecular formula is C20H13ClN2O. The molecule has 3 nitrogen and oxygen atoms in total. The smallest absolute Gasteiger partial charge is 0.194 e. The van der Waals surface area contributed by atoms with Crippen LogP contribution in [0.1, 0.15) is 5.56 Å². The van der Waals surface area contributed by atoms with Crippen molar-refractivity contribution in [1.82, 2.24) is 9.38 Å². The van der Waals surface area contributed by atoms with Crippen molar-refractivity contribution in [3.8, 4) is 11.5 Å². The molecule has 0 aliphatic heterocycles. The van der Waals surface area contributed by atoms with Gasteiger partial charge in [-0.3, -0.25) is 0 Å². The number of aromatic nitrogens is 2. The molecule has 1 aromatic carbocycles. The lowest BCUT2D eigenvalue weighted by Gasteiger charge is -2.06. The Morgan fingerprint density at radius 1 is 1.00 bits per heavy atom. The van der Waals surface area contributed by atoms with Gasteiger partial charge >= 0.3 is 0 Å². The molecule has 0 amide bonds. The molecule has 0 fully saturated rings. The van der Waals surface area contributed by atoms with E-state index in [9.17, 15) is 0 Å². The SMILES string of the molecule is Cc1cccn2c1cc1c3ccccc3nc(-c3ccc(Cl)o3)c12. The lowest BCUT2D eigenvalue weighted by Crippen LogP contribution is -1.91. The van der Waals surface area contributed by atoms with Crippen molar-refractivity contribution in [2.24, 2.45) is 0 Å². The minimum absolute atomic E-state index is 0.366. The van der Waals surface area contributed by atoms with Gasteiger partial charge in [-0.1, -0.05) is 24.3 Å². The van der Waals surface area contributed by atoms with E-state index < -0.39 is 0 Å². The number of nitrogens with zero attached hydrogens (tertiary/aromatic N) is 2. The lowest BCUT2D eigenvalue weighted by atomic mass is 10.1. The molecule has 0 unspecified atom stereocenters. The van der Waals surface area contributed by atoms with E-state index in [0.717, 1.165) is 27.5 Å². The molecule has 4 aromatic heterocycles. The monoisotopic (exact) mass is 332 g/mol. The molecule has 24 heavy (non-hydrogen) atoms. The Balaban J connectivity index is 2.06. The number of furan rings is 1. The zero-order valence-electron chi connectivity index (χ0n) is 13.0. The van der Waals surface area contributed by atoms with Crippen LogP contribution in [-0.2, 0) is 0 Å². The summed E-state index contributed by atoms with van der Waals surface area (Å²) in [6, 6.07) is 18.2. The number of fused-ring (bicyclic) bond motifs is 5. The lowest BCUT2D eigenvalue weighted by molar-refractivity contribution is 0.583. The first-order valence-corrected chi connectivity index (χ1v) is 8.15. The summed E-state index contributed by atoms with van der Waals surface area (Å²) in [5, 5.41) is 2.67. The van der Waals surface area contributed by atoms with Crippen molar-refractivity contribution in [2.45, 2.75) is 6.92 Å². The zero-order valence-corrected chi connectivity index (χ0v) is 13.7. The van der Waals surface area contributed by atoms with Crippen LogP contribution >= 0.6 is 11.6 Å². The van der Waals surface area contributed by atoms with Crippen LogP contribution in [0.15, 0.2) is 65.2 Å². The molecular weight excluding hydrogens is 320 g/mol. The summed E-state index contributed by atoms with van der Waals surface area (Å²) in [7, 11) is 0. The quantitative estimate of drug-likeness (QED) is 0.384. The predicted octanol–water partition coefficient (Wildman–Crippen LogP) is 5.86. The zero-order chi connectivity index (χ0) is 16.3. The number of hydrogen-bond acceptors (Lipinski definition) is 2. The van der Waals surface area contributed by atoms with E-state index in [1.54, 1.807) is 6.07 Å². The number of pyridine rings is 2. The van der Waals surface area contributed by atoms with Gasteiger partial charge in [0.05, 0.1) is 11.0 Å². The Kier molecular flexibility index (Phi) is 2.76. The molecule has 0 N–H and O–H groups in total. The van der Waals surface area contributed by atoms with Crippen molar-refractivity contribution in [3.05, 3.63) is 71.6 Å². The number of para-hydroxylation sites is 1. The van der Waals surface area contributed by atoms with Gasteiger partial charge in [-0.25, -0.2) is 4.98 Å². The summed E-state index contributed by atoms with van der Waals surface area (Å²) < 4.78 is 7.84. The van der Waals surface area contributed by atoms with E-state index in [2.05, 4.69) is 41.8 Å². The molecule has 0 atom stereocenters. The second-order valence-electron chi connectivity index (χ2n) is 5.93. The molecule has 0 bridgehead atoms. The van der Waals surface area contributed by atoms with Crippen molar-refractivity contribution >= 4 is 38.9 Å². The van der Waals surface area contributed by atoms with Crippen LogP contribution in [-0.4, -0.2) is 9.38 Å². The first-order chi connectivity index (χ1) is 11.7. The van der Waals surface area contributed by atoms with Crippen LogP contribution in [0, 0.1) is 6.92 Å². The molecule has 4 heterocycles. The molecule has 0 saturated heterocycles. The molecule has 0 aliphatic rings. The number of hydrogen-bond donors (Lipinski definition) is 0. The van der Waals surface area contributed by atoms with Gasteiger partial charge in [0.25, 0.3) is 0 Å². The molecule has 116 valence electrons. The van der Waals surface area contributed by atoms with Crippen molar-refractivity contribution in [1.29, 1.82) is 0 Å². The summed E-state index contributed by atoms with van der Waals surface area (Å²) in [6.07, 6.45) is 2.06. The average Bonchev–Trinajstić information content (AvgIpc) is 3.19. The van der Waals surface area contributed by atoms with Gasteiger partial charge in [-0.15, -0.1) is 0 Å². The van der Waals surface area contributed by atoms with E-state index in [1.165, 1.54) is 11.1 Å². The Labute approximate surface area is 143 Å². The fourth-order valence-corrected chi connectivity index (χ4v) is 3.52. The Morgan fingerprint density at radius 2 is 1.88 bits per heavy atom. The molecule has 0 saturated carbocycles. The van der Waals surface area contributed by atoms with Crippen molar-refractivity contribution < 1.29 is 4.42 Å². The maximum absolute atomic E-state index is 6.00. The fraction of sp³-hybridized carbons (Fsp3) is 0.0500. The van der Waals surface area contributed by atoms with Crippen LogP contribution in [0.4, 0.5) is 0 Å². The maximum atomic E-state index is 6.00. The van der Waals surface area contributed by atoms with Gasteiger partial charge in [0, 0.05) is 22.5 Å². The minimum Gasteiger partial charge on any atom is -0.443 e. The van der Waals surface area contributed by atoms with Crippen LogP contribution < -0.4 is 0 Å². The number of rotatable bonds is 1. The van der Waals surface area contributed by atoms with Crippen molar-refractivity contribution in [3.63, 3.8) is 0 Å². The van der Waals surface area contributed by atoms with Crippen LogP contribution in [0.3, 0.4) is 0 Å².